The third kappa shape index (κ3) is 4.86. The Labute approximate surface area is 77.3 Å². The molecule has 0 aromatic heterocycles. The van der Waals surface area contributed by atoms with Gasteiger partial charge in [-0.3, -0.25) is 0 Å². The SMILES string of the molecule is C=C(SC(=C)C(=O)O)SC(=O)O. The Morgan fingerprint density at radius 3 is 1.92 bits per heavy atom. The molecule has 0 aliphatic carbocycles. The zero-order valence-corrected chi connectivity index (χ0v) is 7.57. The van der Waals surface area contributed by atoms with Crippen molar-refractivity contribution in [3.05, 3.63) is 22.3 Å². The zero-order chi connectivity index (χ0) is 9.72. The summed E-state index contributed by atoms with van der Waals surface area (Å²) in [6.45, 7) is 6.54. The largest absolute Gasteiger partial charge is 0.477 e. The highest BCUT2D eigenvalue weighted by molar-refractivity contribution is 8.30. The van der Waals surface area contributed by atoms with Gasteiger partial charge >= 0.3 is 11.3 Å². The van der Waals surface area contributed by atoms with E-state index in [1.54, 1.807) is 0 Å². The maximum absolute atomic E-state index is 10.2. The molecule has 12 heavy (non-hydrogen) atoms. The van der Waals surface area contributed by atoms with Gasteiger partial charge in [0.25, 0.3) is 0 Å². The van der Waals surface area contributed by atoms with Gasteiger partial charge in [-0.05, 0) is 11.8 Å². The molecule has 0 aromatic carbocycles. The van der Waals surface area contributed by atoms with E-state index in [-0.39, 0.29) is 9.14 Å². The van der Waals surface area contributed by atoms with Crippen LogP contribution in [0.25, 0.3) is 0 Å². The molecular formula is C6H6O4S2. The molecule has 2 N–H and O–H groups in total. The standard InChI is InChI=1S/C6H6O4S2/c1-3(5(7)8)11-4(2)12-6(9)10/h1-2H2,(H,7,8)(H,9,10). The van der Waals surface area contributed by atoms with Gasteiger partial charge in [0.1, 0.15) is 0 Å². The average Bonchev–Trinajstić information content (AvgIpc) is 1.84. The van der Waals surface area contributed by atoms with E-state index in [4.69, 9.17) is 10.2 Å². The van der Waals surface area contributed by atoms with Gasteiger partial charge in [0, 0.05) is 4.24 Å². The second kappa shape index (κ2) is 4.89. The summed E-state index contributed by atoms with van der Waals surface area (Å²) < 4.78 is 0.176. The second-order valence-corrected chi connectivity index (χ2v) is 4.06. The van der Waals surface area contributed by atoms with Gasteiger partial charge in [0.2, 0.25) is 0 Å². The minimum Gasteiger partial charge on any atom is -0.477 e. The minimum atomic E-state index is -1.17. The van der Waals surface area contributed by atoms with E-state index in [1.807, 2.05) is 0 Å². The predicted octanol–water partition coefficient (Wildman–Crippen LogP) is 2.20. The maximum Gasteiger partial charge on any atom is 0.370 e. The predicted molar refractivity (Wildman–Crippen MR) is 49.1 cm³/mol. The number of thioether (sulfide) groups is 2. The van der Waals surface area contributed by atoms with Gasteiger partial charge in [-0.1, -0.05) is 24.9 Å². The molecule has 0 bridgehead atoms. The number of hydrogen-bond acceptors (Lipinski definition) is 4. The number of rotatable bonds is 4. The first-order valence-corrected chi connectivity index (χ1v) is 4.26. The fraction of sp³-hybridized carbons (Fsp3) is 0. The van der Waals surface area contributed by atoms with Crippen LogP contribution in [-0.2, 0) is 4.79 Å². The Hall–Kier alpha value is -0.880. The molecule has 0 saturated heterocycles. The number of carbonyl (C=O) groups is 2. The topological polar surface area (TPSA) is 74.6 Å². The van der Waals surface area contributed by atoms with E-state index < -0.39 is 11.3 Å². The normalized spacial score (nSPS) is 9.00. The van der Waals surface area contributed by atoms with Gasteiger partial charge in [0.05, 0.1) is 4.91 Å². The second-order valence-electron chi connectivity index (χ2n) is 1.57. The van der Waals surface area contributed by atoms with Crippen molar-refractivity contribution < 1.29 is 19.8 Å². The van der Waals surface area contributed by atoms with Crippen molar-refractivity contribution in [2.75, 3.05) is 0 Å². The van der Waals surface area contributed by atoms with Crippen LogP contribution >= 0.6 is 23.5 Å². The van der Waals surface area contributed by atoms with Crippen molar-refractivity contribution in [3.63, 3.8) is 0 Å². The van der Waals surface area contributed by atoms with Crippen LogP contribution in [0, 0.1) is 0 Å². The Kier molecular flexibility index (Phi) is 4.53. The van der Waals surface area contributed by atoms with Crippen LogP contribution < -0.4 is 0 Å². The molecule has 4 nitrogen and oxygen atoms in total. The Balaban J connectivity index is 3.94. The third-order valence-corrected chi connectivity index (χ3v) is 2.23. The molecule has 0 saturated carbocycles. The molecule has 0 amide bonds. The van der Waals surface area contributed by atoms with E-state index in [1.165, 1.54) is 0 Å². The molecule has 0 unspecified atom stereocenters. The van der Waals surface area contributed by atoms with Gasteiger partial charge in [0.15, 0.2) is 0 Å². The summed E-state index contributed by atoms with van der Waals surface area (Å²) in [5, 5.41) is 15.5. The maximum atomic E-state index is 10.2. The van der Waals surface area contributed by atoms with E-state index in [2.05, 4.69) is 13.2 Å². The molecule has 0 rings (SSSR count). The summed E-state index contributed by atoms with van der Waals surface area (Å²) in [7, 11) is 0. The van der Waals surface area contributed by atoms with Crippen LogP contribution in [-0.4, -0.2) is 21.5 Å². The Morgan fingerprint density at radius 2 is 1.58 bits per heavy atom. The highest BCUT2D eigenvalue weighted by Crippen LogP contribution is 2.31. The first kappa shape index (κ1) is 11.1. The Bertz CT molecular complexity index is 246. The summed E-state index contributed by atoms with van der Waals surface area (Å²) in [5.74, 6) is -1.17. The van der Waals surface area contributed by atoms with Crippen molar-refractivity contribution in [3.8, 4) is 0 Å². The minimum absolute atomic E-state index is 0.145. The van der Waals surface area contributed by atoms with Crippen LogP contribution in [0.4, 0.5) is 4.79 Å². The van der Waals surface area contributed by atoms with Crippen molar-refractivity contribution >= 4 is 34.8 Å². The summed E-state index contributed by atoms with van der Waals surface area (Å²) in [6.07, 6.45) is 0. The van der Waals surface area contributed by atoms with E-state index in [0.717, 1.165) is 11.8 Å². The van der Waals surface area contributed by atoms with Crippen LogP contribution in [0.1, 0.15) is 0 Å². The van der Waals surface area contributed by atoms with Crippen LogP contribution in [0.2, 0.25) is 0 Å². The summed E-state index contributed by atoms with van der Waals surface area (Å²) in [5.41, 5.74) is 0. The molecule has 0 radical (unpaired) electrons. The van der Waals surface area contributed by atoms with Gasteiger partial charge in [-0.25, -0.2) is 9.59 Å². The fourth-order valence-corrected chi connectivity index (χ4v) is 1.54. The molecular weight excluding hydrogens is 200 g/mol. The van der Waals surface area contributed by atoms with E-state index in [9.17, 15) is 9.59 Å². The first-order chi connectivity index (χ1) is 5.43. The molecule has 0 atom stereocenters. The average molecular weight is 206 g/mol. The first-order valence-electron chi connectivity index (χ1n) is 2.63. The number of carboxylic acids is 1. The Morgan fingerprint density at radius 1 is 1.08 bits per heavy atom. The van der Waals surface area contributed by atoms with E-state index >= 15 is 0 Å². The highest BCUT2D eigenvalue weighted by atomic mass is 32.2. The van der Waals surface area contributed by atoms with Gasteiger partial charge < -0.3 is 10.2 Å². The third-order valence-electron chi connectivity index (χ3n) is 0.677. The molecule has 0 heterocycles. The molecule has 0 spiro atoms. The summed E-state index contributed by atoms with van der Waals surface area (Å²) >= 11 is 1.19. The quantitative estimate of drug-likeness (QED) is 0.687. The molecule has 66 valence electrons. The number of carboxylic acid groups (broad SMARTS) is 2. The van der Waals surface area contributed by atoms with Crippen LogP contribution in [0.15, 0.2) is 22.3 Å². The lowest BCUT2D eigenvalue weighted by atomic mass is 10.7. The number of hydrogen-bond donors (Lipinski definition) is 2. The molecule has 0 aliphatic rings. The molecule has 0 aliphatic heterocycles. The lowest BCUT2D eigenvalue weighted by Gasteiger charge is -1.99. The molecule has 6 heteroatoms. The highest BCUT2D eigenvalue weighted by Gasteiger charge is 2.09. The van der Waals surface area contributed by atoms with Crippen molar-refractivity contribution in [2.45, 2.75) is 0 Å². The van der Waals surface area contributed by atoms with Crippen LogP contribution in [0.5, 0.6) is 0 Å². The number of aliphatic carboxylic acids is 1. The lowest BCUT2D eigenvalue weighted by molar-refractivity contribution is -0.131. The smallest absolute Gasteiger partial charge is 0.370 e. The van der Waals surface area contributed by atoms with Crippen molar-refractivity contribution in [1.29, 1.82) is 0 Å². The van der Waals surface area contributed by atoms with Gasteiger partial charge in [-0.2, -0.15) is 0 Å². The van der Waals surface area contributed by atoms with Crippen molar-refractivity contribution in [1.82, 2.24) is 0 Å². The summed E-state index contributed by atoms with van der Waals surface area (Å²) in [4.78, 5) is 20.1. The van der Waals surface area contributed by atoms with Crippen LogP contribution in [0.3, 0.4) is 0 Å². The fourth-order valence-electron chi connectivity index (χ4n) is 0.299. The van der Waals surface area contributed by atoms with Crippen molar-refractivity contribution in [2.24, 2.45) is 0 Å². The zero-order valence-electron chi connectivity index (χ0n) is 5.94. The molecule has 0 aromatic rings. The molecule has 0 fully saturated rings. The monoisotopic (exact) mass is 206 g/mol. The van der Waals surface area contributed by atoms with E-state index in [0.29, 0.717) is 11.8 Å². The summed E-state index contributed by atoms with van der Waals surface area (Å²) in [6, 6.07) is 0. The lowest BCUT2D eigenvalue weighted by Crippen LogP contribution is -1.94. The van der Waals surface area contributed by atoms with Gasteiger partial charge in [-0.15, -0.1) is 0 Å².